The quantitative estimate of drug-likeness (QED) is 0.601. The van der Waals surface area contributed by atoms with Gasteiger partial charge in [-0.3, -0.25) is 9.48 Å². The topological polar surface area (TPSA) is 115 Å². The first-order chi connectivity index (χ1) is 13.9. The number of nitrogens with one attached hydrogen (secondary N) is 1. The van der Waals surface area contributed by atoms with Gasteiger partial charge in [-0.2, -0.15) is 5.10 Å². The van der Waals surface area contributed by atoms with E-state index in [0.717, 1.165) is 5.56 Å². The Bertz CT molecular complexity index is 1050. The fourth-order valence-electron chi connectivity index (χ4n) is 3.20. The van der Waals surface area contributed by atoms with Crippen molar-refractivity contribution in [2.75, 3.05) is 18.9 Å². The molecular formula is C20H20ClN5O3. The standard InChI is InChI=1S/C20H20ClN5O3/c1-26-8-12(7-23-26)19-18(22)14(20(28)25-16-9-29-10-17(16)27)6-15(24-19)11-2-4-13(21)5-3-11/h2-8,16-17,27H,9-10,22H2,1H3,(H,25,28)/t16-,17+/m1/s1. The first kappa shape index (κ1) is 19.4. The third-order valence-corrected chi connectivity index (χ3v) is 5.04. The molecule has 2 aromatic heterocycles. The van der Waals surface area contributed by atoms with Gasteiger partial charge in [-0.05, 0) is 18.2 Å². The van der Waals surface area contributed by atoms with E-state index in [1.54, 1.807) is 42.3 Å². The van der Waals surface area contributed by atoms with Gasteiger partial charge in [0.2, 0.25) is 0 Å². The predicted molar refractivity (Wildman–Crippen MR) is 109 cm³/mol. The first-order valence-corrected chi connectivity index (χ1v) is 9.42. The smallest absolute Gasteiger partial charge is 0.253 e. The molecular weight excluding hydrogens is 394 g/mol. The minimum absolute atomic E-state index is 0.188. The van der Waals surface area contributed by atoms with Crippen LogP contribution in [0.2, 0.25) is 5.02 Å². The third kappa shape index (κ3) is 3.95. The summed E-state index contributed by atoms with van der Waals surface area (Å²) in [5.41, 5.74) is 9.35. The number of nitrogens with two attached hydrogens (primary N) is 1. The Morgan fingerprint density at radius 1 is 1.31 bits per heavy atom. The van der Waals surface area contributed by atoms with Gasteiger partial charge in [-0.25, -0.2) is 4.98 Å². The lowest BCUT2D eigenvalue weighted by atomic mass is 10.0. The number of hydrogen-bond donors (Lipinski definition) is 3. The van der Waals surface area contributed by atoms with Crippen LogP contribution in [0.25, 0.3) is 22.5 Å². The molecule has 3 aromatic rings. The Labute approximate surface area is 172 Å². The average molecular weight is 414 g/mol. The van der Waals surface area contributed by atoms with Crippen molar-refractivity contribution in [2.24, 2.45) is 7.05 Å². The molecule has 9 heteroatoms. The summed E-state index contributed by atoms with van der Waals surface area (Å²) in [6.45, 7) is 0.436. The molecule has 0 radical (unpaired) electrons. The van der Waals surface area contributed by atoms with E-state index in [4.69, 9.17) is 22.1 Å². The number of aliphatic hydroxyl groups excluding tert-OH is 1. The number of benzene rings is 1. The Balaban J connectivity index is 1.79. The highest BCUT2D eigenvalue weighted by Crippen LogP contribution is 2.31. The second-order valence-corrected chi connectivity index (χ2v) is 7.35. The van der Waals surface area contributed by atoms with E-state index in [-0.39, 0.29) is 24.5 Å². The number of carbonyl (C=O) groups excluding carboxylic acids is 1. The Morgan fingerprint density at radius 3 is 2.69 bits per heavy atom. The second-order valence-electron chi connectivity index (χ2n) is 6.91. The van der Waals surface area contributed by atoms with E-state index in [1.807, 2.05) is 12.1 Å². The van der Waals surface area contributed by atoms with Crippen LogP contribution < -0.4 is 11.1 Å². The van der Waals surface area contributed by atoms with Crippen LogP contribution >= 0.6 is 11.6 Å². The number of anilines is 1. The molecule has 3 heterocycles. The van der Waals surface area contributed by atoms with E-state index in [1.165, 1.54) is 0 Å². The average Bonchev–Trinajstić information content (AvgIpc) is 3.31. The van der Waals surface area contributed by atoms with Gasteiger partial charge >= 0.3 is 0 Å². The number of carbonyl (C=O) groups is 1. The van der Waals surface area contributed by atoms with Gasteiger partial charge in [0, 0.05) is 29.4 Å². The summed E-state index contributed by atoms with van der Waals surface area (Å²) in [5, 5.41) is 17.5. The SMILES string of the molecule is Cn1cc(-c2nc(-c3ccc(Cl)cc3)cc(C(=O)N[C@@H]3COC[C@@H]3O)c2N)cn1. The maximum Gasteiger partial charge on any atom is 0.253 e. The van der Waals surface area contributed by atoms with E-state index in [9.17, 15) is 9.90 Å². The van der Waals surface area contributed by atoms with Crippen molar-refractivity contribution < 1.29 is 14.6 Å². The fourth-order valence-corrected chi connectivity index (χ4v) is 3.33. The summed E-state index contributed by atoms with van der Waals surface area (Å²) in [6, 6.07) is 8.30. The number of hydrogen-bond acceptors (Lipinski definition) is 6. The van der Waals surface area contributed by atoms with Gasteiger partial charge in [-0.15, -0.1) is 0 Å². The predicted octanol–water partition coefficient (Wildman–Crippen LogP) is 1.87. The summed E-state index contributed by atoms with van der Waals surface area (Å²) >= 11 is 5.99. The molecule has 1 aliphatic rings. The third-order valence-electron chi connectivity index (χ3n) is 4.79. The monoisotopic (exact) mass is 413 g/mol. The highest BCUT2D eigenvalue weighted by Gasteiger charge is 2.29. The molecule has 29 heavy (non-hydrogen) atoms. The molecule has 4 rings (SSSR count). The highest BCUT2D eigenvalue weighted by atomic mass is 35.5. The summed E-state index contributed by atoms with van der Waals surface area (Å²) in [4.78, 5) is 17.6. The van der Waals surface area contributed by atoms with Gasteiger partial charge in [-0.1, -0.05) is 23.7 Å². The minimum atomic E-state index is -0.754. The molecule has 1 aliphatic heterocycles. The molecule has 1 aromatic carbocycles. The van der Waals surface area contributed by atoms with Crippen LogP contribution in [-0.2, 0) is 11.8 Å². The molecule has 0 spiro atoms. The molecule has 1 fully saturated rings. The van der Waals surface area contributed by atoms with E-state index < -0.39 is 18.1 Å². The van der Waals surface area contributed by atoms with Crippen molar-refractivity contribution in [2.45, 2.75) is 12.1 Å². The Kier molecular flexibility index (Phi) is 5.23. The number of ether oxygens (including phenoxy) is 1. The first-order valence-electron chi connectivity index (χ1n) is 9.04. The van der Waals surface area contributed by atoms with Crippen LogP contribution in [0.4, 0.5) is 5.69 Å². The van der Waals surface area contributed by atoms with Crippen molar-refractivity contribution in [1.82, 2.24) is 20.1 Å². The van der Waals surface area contributed by atoms with Crippen LogP contribution in [0.15, 0.2) is 42.7 Å². The number of rotatable bonds is 4. The number of aromatic nitrogens is 3. The van der Waals surface area contributed by atoms with E-state index >= 15 is 0 Å². The molecule has 0 saturated carbocycles. The fraction of sp³-hybridized carbons (Fsp3) is 0.250. The summed E-state index contributed by atoms with van der Waals surface area (Å²) in [6.07, 6.45) is 2.66. The number of aliphatic hydroxyl groups is 1. The van der Waals surface area contributed by atoms with Crippen molar-refractivity contribution in [3.8, 4) is 22.5 Å². The molecule has 0 unspecified atom stereocenters. The van der Waals surface area contributed by atoms with Crippen molar-refractivity contribution in [3.05, 3.63) is 53.3 Å². The lowest BCUT2D eigenvalue weighted by molar-refractivity contribution is 0.0887. The molecule has 150 valence electrons. The molecule has 4 N–H and O–H groups in total. The molecule has 0 bridgehead atoms. The zero-order chi connectivity index (χ0) is 20.5. The maximum absolute atomic E-state index is 13.0. The molecule has 1 saturated heterocycles. The van der Waals surface area contributed by atoms with Crippen molar-refractivity contribution in [1.29, 1.82) is 0 Å². The van der Waals surface area contributed by atoms with Crippen LogP contribution in [0, 0.1) is 0 Å². The zero-order valence-electron chi connectivity index (χ0n) is 15.7. The summed E-state index contributed by atoms with van der Waals surface area (Å²) in [7, 11) is 1.79. The number of nitrogens with zero attached hydrogens (tertiary/aromatic N) is 3. The number of halogens is 1. The van der Waals surface area contributed by atoms with Crippen molar-refractivity contribution >= 4 is 23.2 Å². The van der Waals surface area contributed by atoms with Gasteiger partial charge in [0.05, 0.1) is 54.2 Å². The van der Waals surface area contributed by atoms with Crippen LogP contribution in [0.1, 0.15) is 10.4 Å². The van der Waals surface area contributed by atoms with Crippen LogP contribution in [0.3, 0.4) is 0 Å². The molecule has 8 nitrogen and oxygen atoms in total. The van der Waals surface area contributed by atoms with E-state index in [2.05, 4.69) is 15.4 Å². The van der Waals surface area contributed by atoms with Gasteiger partial charge in [0.25, 0.3) is 5.91 Å². The molecule has 0 aliphatic carbocycles. The number of amides is 1. The minimum Gasteiger partial charge on any atom is -0.396 e. The van der Waals surface area contributed by atoms with E-state index in [0.29, 0.717) is 22.0 Å². The Morgan fingerprint density at radius 2 is 2.07 bits per heavy atom. The number of pyridine rings is 1. The highest BCUT2D eigenvalue weighted by molar-refractivity contribution is 6.30. The zero-order valence-corrected chi connectivity index (χ0v) is 16.4. The van der Waals surface area contributed by atoms with Crippen molar-refractivity contribution in [3.63, 3.8) is 0 Å². The van der Waals surface area contributed by atoms with Gasteiger partial charge < -0.3 is 20.9 Å². The normalized spacial score (nSPS) is 18.7. The second kappa shape index (κ2) is 7.82. The number of aryl methyl sites for hydroxylation is 1. The van der Waals surface area contributed by atoms with Gasteiger partial charge in [0.15, 0.2) is 0 Å². The molecule has 2 atom stereocenters. The van der Waals surface area contributed by atoms with Crippen LogP contribution in [0.5, 0.6) is 0 Å². The lowest BCUT2D eigenvalue weighted by Crippen LogP contribution is -2.42. The summed E-state index contributed by atoms with van der Waals surface area (Å²) in [5.74, 6) is -0.403. The number of nitrogen functional groups attached to an aromatic ring is 1. The van der Waals surface area contributed by atoms with Gasteiger partial charge in [0.1, 0.15) is 0 Å². The molecule has 1 amide bonds. The largest absolute Gasteiger partial charge is 0.396 e. The van der Waals surface area contributed by atoms with Crippen LogP contribution in [-0.4, -0.2) is 51.1 Å². The lowest BCUT2D eigenvalue weighted by Gasteiger charge is -2.17. The Hall–Kier alpha value is -2.94. The maximum atomic E-state index is 13.0. The summed E-state index contributed by atoms with van der Waals surface area (Å²) < 4.78 is 6.84.